The van der Waals surface area contributed by atoms with Crippen LogP contribution in [0.25, 0.3) is 0 Å². The fraction of sp³-hybridized carbons (Fsp3) is 0.400. The molecule has 2 amide bonds. The third-order valence-electron chi connectivity index (χ3n) is 2.02. The first-order chi connectivity index (χ1) is 8.52. The van der Waals surface area contributed by atoms with Crippen LogP contribution in [0.2, 0.25) is 0 Å². The number of halogens is 1. The lowest BCUT2D eigenvalue weighted by Crippen LogP contribution is -2.43. The van der Waals surface area contributed by atoms with E-state index in [1.54, 1.807) is 12.1 Å². The van der Waals surface area contributed by atoms with Crippen LogP contribution in [-0.4, -0.2) is 35.2 Å². The molecule has 1 aromatic rings. The van der Waals surface area contributed by atoms with E-state index in [0.29, 0.717) is 16.8 Å². The van der Waals surface area contributed by atoms with E-state index in [0.717, 1.165) is 0 Å². The number of rotatable bonds is 6. The zero-order chi connectivity index (χ0) is 13.5. The molecule has 0 fully saturated rings. The van der Waals surface area contributed by atoms with Gasteiger partial charge in [0.2, 0.25) is 5.88 Å². The number of hydrogen-bond acceptors (Lipinski definition) is 4. The Kier molecular flexibility index (Phi) is 6.06. The summed E-state index contributed by atoms with van der Waals surface area (Å²) in [4.78, 5) is 22.4. The van der Waals surface area contributed by atoms with Crippen LogP contribution in [0.4, 0.5) is 10.7 Å². The summed E-state index contributed by atoms with van der Waals surface area (Å²) >= 11 is 4.62. The number of carbonyl (C=O) groups excluding carboxylic acids is 1. The van der Waals surface area contributed by atoms with Crippen LogP contribution in [0.3, 0.4) is 0 Å². The molecule has 1 rings (SSSR count). The molecule has 1 atom stereocenters. The summed E-state index contributed by atoms with van der Waals surface area (Å²) in [7, 11) is 0. The fourth-order valence-corrected chi connectivity index (χ4v) is 1.96. The van der Waals surface area contributed by atoms with Gasteiger partial charge >= 0.3 is 12.0 Å². The highest BCUT2D eigenvalue weighted by Gasteiger charge is 2.19. The van der Waals surface area contributed by atoms with Crippen molar-refractivity contribution in [1.29, 1.82) is 0 Å². The molecule has 0 saturated heterocycles. The van der Waals surface area contributed by atoms with Crippen LogP contribution in [-0.2, 0) is 4.79 Å². The highest BCUT2D eigenvalue weighted by molar-refractivity contribution is 9.10. The number of furan rings is 1. The Morgan fingerprint density at radius 1 is 1.56 bits per heavy atom. The van der Waals surface area contributed by atoms with E-state index in [-0.39, 0.29) is 5.88 Å². The van der Waals surface area contributed by atoms with Crippen molar-refractivity contribution in [3.05, 3.63) is 16.8 Å². The smallest absolute Gasteiger partial charge is 0.326 e. The molecule has 6 nitrogen and oxygen atoms in total. The molecule has 0 aliphatic rings. The van der Waals surface area contributed by atoms with Crippen LogP contribution >= 0.6 is 27.7 Å². The van der Waals surface area contributed by atoms with Crippen molar-refractivity contribution in [2.24, 2.45) is 0 Å². The molecule has 1 aromatic heterocycles. The fourth-order valence-electron chi connectivity index (χ4n) is 1.18. The maximum absolute atomic E-state index is 11.5. The first kappa shape index (κ1) is 14.9. The first-order valence-corrected chi connectivity index (χ1v) is 7.26. The number of hydrogen-bond donors (Lipinski definition) is 3. The zero-order valence-electron chi connectivity index (χ0n) is 9.60. The maximum atomic E-state index is 11.5. The van der Waals surface area contributed by atoms with E-state index in [4.69, 9.17) is 9.52 Å². The Morgan fingerprint density at radius 2 is 2.28 bits per heavy atom. The van der Waals surface area contributed by atoms with Gasteiger partial charge < -0.3 is 14.8 Å². The second-order valence-corrected chi connectivity index (χ2v) is 5.14. The molecule has 0 saturated carbocycles. The molecule has 8 heteroatoms. The van der Waals surface area contributed by atoms with E-state index >= 15 is 0 Å². The highest BCUT2D eigenvalue weighted by Crippen LogP contribution is 2.18. The number of amides is 2. The maximum Gasteiger partial charge on any atom is 0.326 e. The number of carboxylic acid groups (broad SMARTS) is 1. The van der Waals surface area contributed by atoms with Gasteiger partial charge in [-0.15, -0.1) is 0 Å². The quantitative estimate of drug-likeness (QED) is 0.741. The lowest BCUT2D eigenvalue weighted by Gasteiger charge is -2.13. The minimum Gasteiger partial charge on any atom is -0.480 e. The number of urea groups is 1. The van der Waals surface area contributed by atoms with Gasteiger partial charge in [0.1, 0.15) is 6.04 Å². The number of nitrogens with one attached hydrogen (secondary N) is 2. The summed E-state index contributed by atoms with van der Waals surface area (Å²) in [6.07, 6.45) is 2.24. The summed E-state index contributed by atoms with van der Waals surface area (Å²) in [6.45, 7) is 0. The van der Waals surface area contributed by atoms with Gasteiger partial charge in [-0.25, -0.2) is 9.59 Å². The topological polar surface area (TPSA) is 91.6 Å². The van der Waals surface area contributed by atoms with Gasteiger partial charge in [0.15, 0.2) is 4.67 Å². The average molecular weight is 337 g/mol. The summed E-state index contributed by atoms with van der Waals surface area (Å²) in [5.41, 5.74) is 0. The molecule has 0 aromatic carbocycles. The van der Waals surface area contributed by atoms with Crippen LogP contribution in [0.15, 0.2) is 21.2 Å². The predicted octanol–water partition coefficient (Wildman–Crippen LogP) is 2.37. The second kappa shape index (κ2) is 7.32. The Morgan fingerprint density at radius 3 is 2.78 bits per heavy atom. The van der Waals surface area contributed by atoms with Gasteiger partial charge in [0.25, 0.3) is 0 Å². The Bertz CT molecular complexity index is 424. The standard InChI is InChI=1S/C10H13BrN2O4S/c1-18-5-4-6(9(14)15)12-10(16)13-8-3-2-7(11)17-8/h2-3,6H,4-5H2,1H3,(H,14,15)(H2,12,13,16). The minimum atomic E-state index is -1.06. The van der Waals surface area contributed by atoms with Crippen molar-refractivity contribution in [2.75, 3.05) is 17.3 Å². The summed E-state index contributed by atoms with van der Waals surface area (Å²) in [6, 6.07) is 1.67. The van der Waals surface area contributed by atoms with Crippen molar-refractivity contribution < 1.29 is 19.1 Å². The van der Waals surface area contributed by atoms with E-state index in [1.807, 2.05) is 6.26 Å². The Balaban J connectivity index is 2.48. The normalized spacial score (nSPS) is 11.9. The molecule has 0 radical (unpaired) electrons. The molecule has 1 heterocycles. The largest absolute Gasteiger partial charge is 0.480 e. The van der Waals surface area contributed by atoms with Gasteiger partial charge in [-0.2, -0.15) is 11.8 Å². The Hall–Kier alpha value is -1.15. The minimum absolute atomic E-state index is 0.244. The number of carboxylic acids is 1. The molecule has 0 aliphatic carbocycles. The van der Waals surface area contributed by atoms with Crippen LogP contribution in [0, 0.1) is 0 Å². The molecular formula is C10H13BrN2O4S. The molecule has 3 N–H and O–H groups in total. The summed E-state index contributed by atoms with van der Waals surface area (Å²) in [5.74, 6) is -0.156. The molecule has 0 spiro atoms. The summed E-state index contributed by atoms with van der Waals surface area (Å²) in [5, 5.41) is 13.7. The molecule has 18 heavy (non-hydrogen) atoms. The van der Waals surface area contributed by atoms with Gasteiger partial charge in [0, 0.05) is 6.07 Å². The molecule has 1 unspecified atom stereocenters. The number of carbonyl (C=O) groups is 2. The van der Waals surface area contributed by atoms with Gasteiger partial charge in [-0.1, -0.05) is 0 Å². The Labute approximate surface area is 117 Å². The van der Waals surface area contributed by atoms with E-state index < -0.39 is 18.0 Å². The average Bonchev–Trinajstić information content (AvgIpc) is 2.69. The number of anilines is 1. The van der Waals surface area contributed by atoms with Crippen molar-refractivity contribution in [3.63, 3.8) is 0 Å². The third kappa shape index (κ3) is 5.01. The molecule has 0 bridgehead atoms. The second-order valence-electron chi connectivity index (χ2n) is 3.37. The van der Waals surface area contributed by atoms with Gasteiger partial charge in [-0.3, -0.25) is 5.32 Å². The lowest BCUT2D eigenvalue weighted by atomic mass is 10.2. The summed E-state index contributed by atoms with van der Waals surface area (Å²) < 4.78 is 5.55. The van der Waals surface area contributed by atoms with Crippen LogP contribution < -0.4 is 10.6 Å². The third-order valence-corrected chi connectivity index (χ3v) is 3.09. The van der Waals surface area contributed by atoms with E-state index in [2.05, 4.69) is 26.6 Å². The van der Waals surface area contributed by atoms with Crippen molar-refractivity contribution in [2.45, 2.75) is 12.5 Å². The SMILES string of the molecule is CSCCC(NC(=O)Nc1ccc(Br)o1)C(=O)O. The van der Waals surface area contributed by atoms with Gasteiger partial charge in [0.05, 0.1) is 0 Å². The zero-order valence-corrected chi connectivity index (χ0v) is 12.0. The molecule has 0 aliphatic heterocycles. The van der Waals surface area contributed by atoms with Crippen molar-refractivity contribution >= 4 is 45.6 Å². The predicted molar refractivity (Wildman–Crippen MR) is 73.0 cm³/mol. The monoisotopic (exact) mass is 336 g/mol. The van der Waals surface area contributed by atoms with E-state index in [1.165, 1.54) is 11.8 Å². The van der Waals surface area contributed by atoms with Crippen molar-refractivity contribution in [3.8, 4) is 0 Å². The van der Waals surface area contributed by atoms with Crippen molar-refractivity contribution in [1.82, 2.24) is 5.32 Å². The lowest BCUT2D eigenvalue weighted by molar-refractivity contribution is -0.139. The highest BCUT2D eigenvalue weighted by atomic mass is 79.9. The van der Waals surface area contributed by atoms with Crippen LogP contribution in [0.5, 0.6) is 0 Å². The molecule has 100 valence electrons. The number of aliphatic carboxylic acids is 1. The number of thioether (sulfide) groups is 1. The van der Waals surface area contributed by atoms with Crippen LogP contribution in [0.1, 0.15) is 6.42 Å². The van der Waals surface area contributed by atoms with E-state index in [9.17, 15) is 9.59 Å². The molecular weight excluding hydrogens is 324 g/mol. The van der Waals surface area contributed by atoms with Gasteiger partial charge in [-0.05, 0) is 40.4 Å². The first-order valence-electron chi connectivity index (χ1n) is 5.07.